The smallest absolute Gasteiger partial charge is 0.0456 e. The van der Waals surface area contributed by atoms with Crippen molar-refractivity contribution in [1.82, 2.24) is 0 Å². The molecule has 0 radical (unpaired) electrons. The average Bonchev–Trinajstić information content (AvgIpc) is 1.98. The van der Waals surface area contributed by atoms with Gasteiger partial charge in [0.05, 0.1) is 0 Å². The molecule has 1 nitrogen and oxygen atoms in total. The van der Waals surface area contributed by atoms with Crippen molar-refractivity contribution >= 4 is 11.8 Å². The molecule has 2 heteroatoms. The minimum Gasteiger partial charge on any atom is -0.396 e. The molecule has 0 aliphatic carbocycles. The van der Waals surface area contributed by atoms with Crippen LogP contribution in [0.15, 0.2) is 0 Å². The molecule has 0 heterocycles. The van der Waals surface area contributed by atoms with E-state index in [1.54, 1.807) is 0 Å². The molecule has 0 saturated carbocycles. The maximum absolute atomic E-state index is 8.68. The lowest BCUT2D eigenvalue weighted by atomic mass is 10.1. The van der Waals surface area contributed by atoms with Gasteiger partial charge in [0.1, 0.15) is 0 Å². The van der Waals surface area contributed by atoms with E-state index in [4.69, 9.17) is 5.11 Å². The van der Waals surface area contributed by atoms with Crippen LogP contribution in [0.2, 0.25) is 0 Å². The van der Waals surface area contributed by atoms with Crippen molar-refractivity contribution in [2.45, 2.75) is 26.7 Å². The molecule has 0 rings (SSSR count). The Bertz CT molecular complexity index is 66.3. The lowest BCUT2D eigenvalue weighted by molar-refractivity contribution is 0.230. The third-order valence-corrected chi connectivity index (χ3v) is 2.49. The molecular formula is C8H18OS. The zero-order chi connectivity index (χ0) is 7.82. The lowest BCUT2D eigenvalue weighted by Gasteiger charge is -2.05. The molecule has 0 bridgehead atoms. The molecule has 0 aliphatic heterocycles. The van der Waals surface area contributed by atoms with Gasteiger partial charge in [0.2, 0.25) is 0 Å². The minimum absolute atomic E-state index is 0.344. The van der Waals surface area contributed by atoms with E-state index in [0.717, 1.165) is 0 Å². The van der Waals surface area contributed by atoms with Crippen molar-refractivity contribution in [3.05, 3.63) is 0 Å². The average molecular weight is 162 g/mol. The molecule has 62 valence electrons. The topological polar surface area (TPSA) is 20.2 Å². The molecule has 0 spiro atoms. The summed E-state index contributed by atoms with van der Waals surface area (Å²) in [4.78, 5) is 0. The first-order valence-electron chi connectivity index (χ1n) is 3.99. The number of rotatable bonds is 6. The Kier molecular flexibility index (Phi) is 7.65. The summed E-state index contributed by atoms with van der Waals surface area (Å²) in [6.07, 6.45) is 2.42. The number of aliphatic hydroxyl groups is 1. The maximum Gasteiger partial charge on any atom is 0.0456 e. The van der Waals surface area contributed by atoms with Crippen molar-refractivity contribution in [3.63, 3.8) is 0 Å². The first-order chi connectivity index (χ1) is 4.81. The molecule has 0 aromatic carbocycles. The summed E-state index contributed by atoms with van der Waals surface area (Å²) in [5.74, 6) is 2.96. The molecule has 1 atom stereocenters. The van der Waals surface area contributed by atoms with Crippen LogP contribution >= 0.6 is 11.8 Å². The van der Waals surface area contributed by atoms with E-state index in [1.165, 1.54) is 24.3 Å². The fraction of sp³-hybridized carbons (Fsp3) is 1.00. The molecule has 0 fully saturated rings. The quantitative estimate of drug-likeness (QED) is 0.604. The van der Waals surface area contributed by atoms with Crippen LogP contribution in [-0.2, 0) is 0 Å². The normalized spacial score (nSPS) is 13.5. The summed E-state index contributed by atoms with van der Waals surface area (Å²) in [5, 5.41) is 8.68. The predicted octanol–water partition coefficient (Wildman–Crippen LogP) is 2.15. The number of hydrogen-bond donors (Lipinski definition) is 1. The zero-order valence-electron chi connectivity index (χ0n) is 6.97. The summed E-state index contributed by atoms with van der Waals surface area (Å²) in [6.45, 7) is 4.62. The molecule has 1 N–H and O–H groups in total. The van der Waals surface area contributed by atoms with Crippen LogP contribution in [0, 0.1) is 5.92 Å². The minimum atomic E-state index is 0.344. The van der Waals surface area contributed by atoms with Crippen LogP contribution in [0.4, 0.5) is 0 Å². The van der Waals surface area contributed by atoms with Crippen molar-refractivity contribution in [2.24, 2.45) is 5.92 Å². The fourth-order valence-electron chi connectivity index (χ4n) is 0.769. The molecule has 10 heavy (non-hydrogen) atoms. The van der Waals surface area contributed by atoms with Crippen LogP contribution in [0.5, 0.6) is 0 Å². The Morgan fingerprint density at radius 3 is 2.70 bits per heavy atom. The monoisotopic (exact) mass is 162 g/mol. The summed E-state index contributed by atoms with van der Waals surface area (Å²) < 4.78 is 0. The van der Waals surface area contributed by atoms with Gasteiger partial charge in [0.15, 0.2) is 0 Å². The van der Waals surface area contributed by atoms with Gasteiger partial charge in [-0.15, -0.1) is 0 Å². The molecule has 1 unspecified atom stereocenters. The summed E-state index contributed by atoms with van der Waals surface area (Å²) in [6, 6.07) is 0. The third-order valence-electron chi connectivity index (χ3n) is 1.50. The second kappa shape index (κ2) is 7.42. The highest BCUT2D eigenvalue weighted by Gasteiger charge is 1.97. The fourth-order valence-corrected chi connectivity index (χ4v) is 1.43. The third kappa shape index (κ3) is 6.43. The van der Waals surface area contributed by atoms with Crippen molar-refractivity contribution in [2.75, 3.05) is 18.1 Å². The van der Waals surface area contributed by atoms with Gasteiger partial charge in [0.25, 0.3) is 0 Å². The van der Waals surface area contributed by atoms with E-state index in [-0.39, 0.29) is 0 Å². The van der Waals surface area contributed by atoms with Gasteiger partial charge in [-0.25, -0.2) is 0 Å². The van der Waals surface area contributed by atoms with Gasteiger partial charge >= 0.3 is 0 Å². The van der Waals surface area contributed by atoms with Crippen LogP contribution < -0.4 is 0 Å². The van der Waals surface area contributed by atoms with Gasteiger partial charge in [-0.05, 0) is 30.3 Å². The Hall–Kier alpha value is 0.310. The molecule has 0 saturated heterocycles. The van der Waals surface area contributed by atoms with Gasteiger partial charge in [-0.1, -0.05) is 13.8 Å². The first-order valence-corrected chi connectivity index (χ1v) is 5.15. The molecule has 0 aromatic heterocycles. The summed E-state index contributed by atoms with van der Waals surface area (Å²) >= 11 is 1.98. The van der Waals surface area contributed by atoms with Gasteiger partial charge in [-0.3, -0.25) is 0 Å². The maximum atomic E-state index is 8.68. The summed E-state index contributed by atoms with van der Waals surface area (Å²) in [7, 11) is 0. The van der Waals surface area contributed by atoms with Gasteiger partial charge in [-0.2, -0.15) is 11.8 Å². The Morgan fingerprint density at radius 2 is 2.20 bits per heavy atom. The number of aliphatic hydroxyl groups excluding tert-OH is 1. The highest BCUT2D eigenvalue weighted by Crippen LogP contribution is 2.08. The van der Waals surface area contributed by atoms with E-state index in [2.05, 4.69) is 13.8 Å². The molecular weight excluding hydrogens is 144 g/mol. The van der Waals surface area contributed by atoms with E-state index in [0.29, 0.717) is 12.5 Å². The molecule has 0 aliphatic rings. The van der Waals surface area contributed by atoms with Gasteiger partial charge in [0, 0.05) is 6.61 Å². The summed E-state index contributed by atoms with van der Waals surface area (Å²) in [5.41, 5.74) is 0. The van der Waals surface area contributed by atoms with E-state index in [1.807, 2.05) is 11.8 Å². The lowest BCUT2D eigenvalue weighted by Crippen LogP contribution is -2.00. The standard InChI is InChI=1S/C8H18OS/c1-3-10-6-4-5-8(2)7-9/h8-9H,3-7H2,1-2H3. The van der Waals surface area contributed by atoms with Crippen molar-refractivity contribution in [3.8, 4) is 0 Å². The molecule has 0 amide bonds. The van der Waals surface area contributed by atoms with Crippen LogP contribution in [0.25, 0.3) is 0 Å². The van der Waals surface area contributed by atoms with Crippen LogP contribution in [-0.4, -0.2) is 23.2 Å². The largest absolute Gasteiger partial charge is 0.396 e. The second-order valence-electron chi connectivity index (χ2n) is 2.63. The number of hydrogen-bond acceptors (Lipinski definition) is 2. The predicted molar refractivity (Wildman–Crippen MR) is 48.5 cm³/mol. The Morgan fingerprint density at radius 1 is 1.50 bits per heavy atom. The van der Waals surface area contributed by atoms with Crippen LogP contribution in [0.1, 0.15) is 26.7 Å². The first kappa shape index (κ1) is 10.3. The SMILES string of the molecule is CCSCCCC(C)CO. The van der Waals surface area contributed by atoms with Crippen molar-refractivity contribution in [1.29, 1.82) is 0 Å². The van der Waals surface area contributed by atoms with Crippen LogP contribution in [0.3, 0.4) is 0 Å². The van der Waals surface area contributed by atoms with E-state index < -0.39 is 0 Å². The highest BCUT2D eigenvalue weighted by molar-refractivity contribution is 7.99. The van der Waals surface area contributed by atoms with Gasteiger partial charge < -0.3 is 5.11 Å². The Balaban J connectivity index is 2.89. The molecule has 0 aromatic rings. The van der Waals surface area contributed by atoms with E-state index in [9.17, 15) is 0 Å². The number of thioether (sulfide) groups is 1. The van der Waals surface area contributed by atoms with E-state index >= 15 is 0 Å². The van der Waals surface area contributed by atoms with Crippen molar-refractivity contribution < 1.29 is 5.11 Å². The Labute approximate surface area is 68.2 Å². The second-order valence-corrected chi connectivity index (χ2v) is 4.02. The zero-order valence-corrected chi connectivity index (χ0v) is 7.78. The highest BCUT2D eigenvalue weighted by atomic mass is 32.2.